The molecule has 1 spiro atoms. The van der Waals surface area contributed by atoms with Crippen LogP contribution in [-0.4, -0.2) is 73.4 Å². The fourth-order valence-corrected chi connectivity index (χ4v) is 7.09. The number of aryl methyl sites for hydroxylation is 2. The third kappa shape index (κ3) is 7.78. The van der Waals surface area contributed by atoms with Crippen molar-refractivity contribution < 1.29 is 40.7 Å². The van der Waals surface area contributed by atoms with Crippen LogP contribution in [0.5, 0.6) is 5.75 Å². The molecular formula is C31H39F3N4O6S. The molecule has 1 fully saturated rings. The number of hydrogen-bond acceptors (Lipinski definition) is 7. The molecule has 2 aliphatic heterocycles. The molecule has 1 N–H and O–H groups in total. The number of anilines is 1. The number of amides is 2. The summed E-state index contributed by atoms with van der Waals surface area (Å²) < 4.78 is 76.1. The minimum atomic E-state index is -4.87. The summed E-state index contributed by atoms with van der Waals surface area (Å²) in [5, 5.41) is 1.87. The molecule has 1 saturated heterocycles. The standard InChI is InChI=1S/C31H39F3N4O6S/c1-19-15-23(37(7)28(40)44-29(4,5)6)16-20(2)25(19)17-21(3)45(41,42)38-13-11-30(12-14-38)27(39)35-26(36-30)22-9-8-10-24(18-22)43-31(32,33)34/h8-10,15-16,18,21H,11-14,17H2,1-7H3,(H,35,36,39). The van der Waals surface area contributed by atoms with Crippen LogP contribution in [0.25, 0.3) is 0 Å². The first-order valence-corrected chi connectivity index (χ1v) is 16.0. The zero-order valence-electron chi connectivity index (χ0n) is 26.4. The predicted octanol–water partition coefficient (Wildman–Crippen LogP) is 5.25. The molecular weight excluding hydrogens is 613 g/mol. The second-order valence-electron chi connectivity index (χ2n) is 12.6. The topological polar surface area (TPSA) is 118 Å². The van der Waals surface area contributed by atoms with Crippen molar-refractivity contribution in [2.45, 2.75) is 83.6 Å². The van der Waals surface area contributed by atoms with E-state index in [2.05, 4.69) is 15.0 Å². The summed E-state index contributed by atoms with van der Waals surface area (Å²) in [6.07, 6.45) is -4.87. The zero-order valence-corrected chi connectivity index (χ0v) is 27.2. The van der Waals surface area contributed by atoms with Gasteiger partial charge in [-0.1, -0.05) is 12.1 Å². The van der Waals surface area contributed by atoms with E-state index in [0.29, 0.717) is 5.69 Å². The van der Waals surface area contributed by atoms with Gasteiger partial charge in [0.2, 0.25) is 10.0 Å². The van der Waals surface area contributed by atoms with E-state index in [1.54, 1.807) is 34.7 Å². The lowest BCUT2D eigenvalue weighted by Gasteiger charge is -2.36. The van der Waals surface area contributed by atoms with Crippen molar-refractivity contribution >= 4 is 33.5 Å². The number of rotatable bonds is 7. The number of hydrogen-bond donors (Lipinski definition) is 1. The Bertz CT molecular complexity index is 1590. The summed E-state index contributed by atoms with van der Waals surface area (Å²) in [5.74, 6) is -0.751. The molecule has 2 aromatic rings. The number of nitrogens with one attached hydrogen (secondary N) is 1. The summed E-state index contributed by atoms with van der Waals surface area (Å²) in [6.45, 7) is 10.9. The third-order valence-corrected chi connectivity index (χ3v) is 10.2. The fraction of sp³-hybridized carbons (Fsp3) is 0.516. The highest BCUT2D eigenvalue weighted by atomic mass is 32.2. The zero-order chi connectivity index (χ0) is 33.5. The molecule has 2 aromatic carbocycles. The molecule has 10 nitrogen and oxygen atoms in total. The Kier molecular flexibility index (Phi) is 9.33. The van der Waals surface area contributed by atoms with Crippen molar-refractivity contribution in [1.82, 2.24) is 9.62 Å². The summed E-state index contributed by atoms with van der Waals surface area (Å²) in [5.41, 5.74) is 1.57. The second kappa shape index (κ2) is 12.3. The molecule has 2 amide bonds. The Hall–Kier alpha value is -3.65. The number of aliphatic imine (C=N–C) groups is 1. The van der Waals surface area contributed by atoms with E-state index in [1.807, 2.05) is 26.0 Å². The lowest BCUT2D eigenvalue weighted by Crippen LogP contribution is -2.52. The van der Waals surface area contributed by atoms with E-state index in [9.17, 15) is 31.2 Å². The SMILES string of the molecule is Cc1cc(N(C)C(=O)OC(C)(C)C)cc(C)c1CC(C)S(=O)(=O)N1CCC2(CC1)N=C(c1cccc(OC(F)(F)F)c1)NC2=O. The monoisotopic (exact) mass is 652 g/mol. The largest absolute Gasteiger partial charge is 0.573 e. The highest BCUT2D eigenvalue weighted by molar-refractivity contribution is 7.89. The highest BCUT2D eigenvalue weighted by Gasteiger charge is 2.48. The first-order chi connectivity index (χ1) is 20.7. The average molecular weight is 653 g/mol. The first-order valence-electron chi connectivity index (χ1n) is 14.5. The number of carbonyl (C=O) groups is 2. The highest BCUT2D eigenvalue weighted by Crippen LogP contribution is 2.34. The normalized spacial score (nSPS) is 17.9. The fourth-order valence-electron chi connectivity index (χ4n) is 5.51. The van der Waals surface area contributed by atoms with Crippen molar-refractivity contribution in [2.24, 2.45) is 4.99 Å². The molecule has 1 unspecified atom stereocenters. The maximum Gasteiger partial charge on any atom is 0.573 e. The Labute approximate surface area is 261 Å². The lowest BCUT2D eigenvalue weighted by atomic mass is 9.89. The molecule has 1 atom stereocenters. The van der Waals surface area contributed by atoms with Crippen molar-refractivity contribution in [3.8, 4) is 5.75 Å². The molecule has 0 radical (unpaired) electrons. The lowest BCUT2D eigenvalue weighted by molar-refractivity contribution is -0.274. The van der Waals surface area contributed by atoms with Crippen LogP contribution in [0.2, 0.25) is 0 Å². The molecule has 14 heteroatoms. The molecule has 0 saturated carbocycles. The number of benzene rings is 2. The minimum absolute atomic E-state index is 0.0612. The van der Waals surface area contributed by atoms with Crippen molar-refractivity contribution in [1.29, 1.82) is 0 Å². The number of nitrogens with zero attached hydrogens (tertiary/aromatic N) is 3. The maximum atomic E-state index is 13.6. The summed E-state index contributed by atoms with van der Waals surface area (Å²) >= 11 is 0. The summed E-state index contributed by atoms with van der Waals surface area (Å²) in [7, 11) is -2.14. The number of sulfonamides is 1. The van der Waals surface area contributed by atoms with E-state index < -0.39 is 50.5 Å². The summed E-state index contributed by atoms with van der Waals surface area (Å²) in [6, 6.07) is 8.82. The molecule has 2 aliphatic rings. The van der Waals surface area contributed by atoms with Crippen LogP contribution < -0.4 is 15.0 Å². The van der Waals surface area contributed by atoms with Gasteiger partial charge in [-0.3, -0.25) is 14.7 Å². The Morgan fingerprint density at radius 3 is 2.27 bits per heavy atom. The van der Waals surface area contributed by atoms with E-state index in [1.165, 1.54) is 21.3 Å². The molecule has 2 heterocycles. The van der Waals surface area contributed by atoms with Crippen LogP contribution in [0.1, 0.15) is 62.8 Å². The van der Waals surface area contributed by atoms with Gasteiger partial charge in [-0.05, 0) is 102 Å². The van der Waals surface area contributed by atoms with Gasteiger partial charge in [0.15, 0.2) is 0 Å². The number of halogens is 3. The van der Waals surface area contributed by atoms with Crippen molar-refractivity contribution in [3.05, 3.63) is 58.7 Å². The van der Waals surface area contributed by atoms with Crippen LogP contribution in [0.4, 0.5) is 23.7 Å². The Morgan fingerprint density at radius 1 is 1.11 bits per heavy atom. The molecule has 0 aliphatic carbocycles. The maximum absolute atomic E-state index is 13.6. The molecule has 4 rings (SSSR count). The first kappa shape index (κ1) is 34.2. The van der Waals surface area contributed by atoms with Crippen LogP contribution in [0.15, 0.2) is 41.4 Å². The van der Waals surface area contributed by atoms with Gasteiger partial charge >= 0.3 is 12.5 Å². The third-order valence-electron chi connectivity index (χ3n) is 7.97. The van der Waals surface area contributed by atoms with Gasteiger partial charge in [-0.15, -0.1) is 13.2 Å². The van der Waals surface area contributed by atoms with E-state index in [-0.39, 0.29) is 43.8 Å². The van der Waals surface area contributed by atoms with E-state index in [0.717, 1.165) is 28.8 Å². The Balaban J connectivity index is 1.44. The smallest absolute Gasteiger partial charge is 0.443 e. The number of carbonyl (C=O) groups excluding carboxylic acids is 2. The van der Waals surface area contributed by atoms with Crippen LogP contribution >= 0.6 is 0 Å². The van der Waals surface area contributed by atoms with E-state index >= 15 is 0 Å². The average Bonchev–Trinajstić information content (AvgIpc) is 3.23. The van der Waals surface area contributed by atoms with Gasteiger partial charge in [0, 0.05) is 31.4 Å². The van der Waals surface area contributed by atoms with Crippen molar-refractivity contribution in [3.63, 3.8) is 0 Å². The molecule has 246 valence electrons. The predicted molar refractivity (Wildman–Crippen MR) is 164 cm³/mol. The molecule has 0 bridgehead atoms. The van der Waals surface area contributed by atoms with Gasteiger partial charge in [-0.2, -0.15) is 0 Å². The van der Waals surface area contributed by atoms with Crippen molar-refractivity contribution in [2.75, 3.05) is 25.0 Å². The van der Waals surface area contributed by atoms with Crippen LogP contribution in [0, 0.1) is 13.8 Å². The number of amidine groups is 1. The van der Waals surface area contributed by atoms with Crippen LogP contribution in [0.3, 0.4) is 0 Å². The second-order valence-corrected chi connectivity index (χ2v) is 14.9. The number of piperidine rings is 1. The molecule has 45 heavy (non-hydrogen) atoms. The van der Waals surface area contributed by atoms with Gasteiger partial charge in [0.1, 0.15) is 22.7 Å². The number of alkyl halides is 3. The van der Waals surface area contributed by atoms with Crippen LogP contribution in [-0.2, 0) is 26.0 Å². The quantitative estimate of drug-likeness (QED) is 0.437. The molecule has 0 aromatic heterocycles. The van der Waals surface area contributed by atoms with Gasteiger partial charge < -0.3 is 14.8 Å². The number of ether oxygens (including phenoxy) is 2. The minimum Gasteiger partial charge on any atom is -0.443 e. The van der Waals surface area contributed by atoms with Gasteiger partial charge in [0.05, 0.1) is 5.25 Å². The van der Waals surface area contributed by atoms with Gasteiger partial charge in [0.25, 0.3) is 5.91 Å². The summed E-state index contributed by atoms with van der Waals surface area (Å²) in [4.78, 5) is 31.5. The Morgan fingerprint density at radius 2 is 1.71 bits per heavy atom. The van der Waals surface area contributed by atoms with Gasteiger partial charge in [-0.25, -0.2) is 17.5 Å². The van der Waals surface area contributed by atoms with E-state index in [4.69, 9.17) is 4.74 Å².